The molecule has 0 unspecified atom stereocenters. The maximum atomic E-state index is 12.9. The van der Waals surface area contributed by atoms with E-state index in [2.05, 4.69) is 12.2 Å². The van der Waals surface area contributed by atoms with Crippen LogP contribution in [0.3, 0.4) is 0 Å². The molecule has 1 atom stereocenters. The molecule has 0 aromatic heterocycles. The number of amides is 2. The van der Waals surface area contributed by atoms with Crippen molar-refractivity contribution >= 4 is 17.5 Å². The number of hydrogen-bond donors (Lipinski definition) is 1. The molecule has 0 saturated carbocycles. The van der Waals surface area contributed by atoms with Crippen molar-refractivity contribution in [2.75, 3.05) is 25.5 Å². The minimum Gasteiger partial charge on any atom is -0.497 e. The predicted octanol–water partition coefficient (Wildman–Crippen LogP) is 2.99. The molecule has 5 nitrogen and oxygen atoms in total. The molecule has 0 aliphatic carbocycles. The number of nitrogens with one attached hydrogen (secondary N) is 1. The summed E-state index contributed by atoms with van der Waals surface area (Å²) in [5.74, 6) is 0.672. The summed E-state index contributed by atoms with van der Waals surface area (Å²) in [7, 11) is 1.61. The van der Waals surface area contributed by atoms with Crippen LogP contribution in [0.25, 0.3) is 0 Å². The molecule has 5 heteroatoms. The molecule has 1 spiro atoms. The van der Waals surface area contributed by atoms with Crippen LogP contribution in [0.2, 0.25) is 0 Å². The van der Waals surface area contributed by atoms with Crippen LogP contribution in [0.5, 0.6) is 5.75 Å². The van der Waals surface area contributed by atoms with Gasteiger partial charge in [-0.3, -0.25) is 9.59 Å². The van der Waals surface area contributed by atoms with Crippen molar-refractivity contribution in [1.29, 1.82) is 0 Å². The van der Waals surface area contributed by atoms with Gasteiger partial charge in [-0.15, -0.1) is 0 Å². The van der Waals surface area contributed by atoms with Gasteiger partial charge in [-0.1, -0.05) is 19.1 Å². The number of aryl methyl sites for hydroxylation is 1. The fraction of sp³-hybridized carbons (Fsp3) is 0.333. The average Bonchev–Trinajstić information content (AvgIpc) is 3.24. The first-order valence-electron chi connectivity index (χ1n) is 8.95. The molecule has 1 N–H and O–H groups in total. The lowest BCUT2D eigenvalue weighted by Crippen LogP contribution is -2.39. The zero-order chi connectivity index (χ0) is 18.3. The molecule has 0 bridgehead atoms. The summed E-state index contributed by atoms with van der Waals surface area (Å²) in [6, 6.07) is 13.3. The van der Waals surface area contributed by atoms with Crippen LogP contribution < -0.4 is 10.1 Å². The average molecular weight is 350 g/mol. The van der Waals surface area contributed by atoms with Gasteiger partial charge in [0, 0.05) is 24.3 Å². The zero-order valence-electron chi connectivity index (χ0n) is 15.0. The van der Waals surface area contributed by atoms with E-state index in [1.54, 1.807) is 12.0 Å². The van der Waals surface area contributed by atoms with E-state index in [4.69, 9.17) is 4.74 Å². The molecule has 1 fully saturated rings. The quantitative estimate of drug-likeness (QED) is 0.926. The summed E-state index contributed by atoms with van der Waals surface area (Å²) in [4.78, 5) is 27.4. The Morgan fingerprint density at radius 2 is 2.00 bits per heavy atom. The van der Waals surface area contributed by atoms with E-state index in [0.717, 1.165) is 23.4 Å². The lowest BCUT2D eigenvalue weighted by molar-refractivity contribution is -0.120. The van der Waals surface area contributed by atoms with E-state index in [1.165, 1.54) is 5.56 Å². The van der Waals surface area contributed by atoms with Crippen molar-refractivity contribution in [3.8, 4) is 5.75 Å². The van der Waals surface area contributed by atoms with E-state index in [-0.39, 0.29) is 11.8 Å². The maximum Gasteiger partial charge on any atom is 0.253 e. The van der Waals surface area contributed by atoms with Gasteiger partial charge in [0.15, 0.2) is 0 Å². The first-order chi connectivity index (χ1) is 12.6. The van der Waals surface area contributed by atoms with Gasteiger partial charge in [-0.2, -0.15) is 0 Å². The van der Waals surface area contributed by atoms with Crippen molar-refractivity contribution in [2.24, 2.45) is 0 Å². The number of methoxy groups -OCH3 is 1. The normalized spacial score (nSPS) is 21.0. The second-order valence-electron chi connectivity index (χ2n) is 6.97. The van der Waals surface area contributed by atoms with Crippen LogP contribution in [0, 0.1) is 0 Å². The Bertz CT molecular complexity index is 875. The van der Waals surface area contributed by atoms with Gasteiger partial charge in [0.2, 0.25) is 5.91 Å². The Labute approximate surface area is 153 Å². The SMILES string of the molecule is CCc1ccc(C(=O)N2CC[C@@]3(C2)C(=O)Nc2ccc(OC)cc23)cc1. The third-order valence-corrected chi connectivity index (χ3v) is 5.59. The molecule has 4 rings (SSSR count). The van der Waals surface area contributed by atoms with E-state index in [1.807, 2.05) is 42.5 Å². The summed E-state index contributed by atoms with van der Waals surface area (Å²) >= 11 is 0. The summed E-state index contributed by atoms with van der Waals surface area (Å²) in [6.07, 6.45) is 1.57. The van der Waals surface area contributed by atoms with Gasteiger partial charge in [0.25, 0.3) is 5.91 Å². The van der Waals surface area contributed by atoms with Crippen molar-refractivity contribution in [3.63, 3.8) is 0 Å². The van der Waals surface area contributed by atoms with E-state index >= 15 is 0 Å². The van der Waals surface area contributed by atoms with E-state index < -0.39 is 5.41 Å². The molecule has 2 aromatic rings. The highest BCUT2D eigenvalue weighted by molar-refractivity contribution is 6.07. The molecule has 2 amide bonds. The molecule has 0 radical (unpaired) electrons. The van der Waals surface area contributed by atoms with Crippen LogP contribution in [0.4, 0.5) is 5.69 Å². The first kappa shape index (κ1) is 16.6. The Kier molecular flexibility index (Phi) is 3.94. The summed E-state index contributed by atoms with van der Waals surface area (Å²) in [5.41, 5.74) is 2.94. The van der Waals surface area contributed by atoms with Gasteiger partial charge in [0.05, 0.1) is 12.5 Å². The topological polar surface area (TPSA) is 58.6 Å². The molecule has 134 valence electrons. The summed E-state index contributed by atoms with van der Waals surface area (Å²) in [5, 5.41) is 2.96. The third-order valence-electron chi connectivity index (χ3n) is 5.59. The third kappa shape index (κ3) is 2.46. The van der Waals surface area contributed by atoms with Crippen LogP contribution in [-0.2, 0) is 16.6 Å². The Hall–Kier alpha value is -2.82. The van der Waals surface area contributed by atoms with Gasteiger partial charge < -0.3 is 15.0 Å². The fourth-order valence-corrected chi connectivity index (χ4v) is 3.97. The second kappa shape index (κ2) is 6.16. The smallest absolute Gasteiger partial charge is 0.253 e. The molecule has 26 heavy (non-hydrogen) atoms. The number of carbonyl (C=O) groups is 2. The lowest BCUT2D eigenvalue weighted by atomic mass is 9.81. The Morgan fingerprint density at radius 1 is 1.23 bits per heavy atom. The van der Waals surface area contributed by atoms with E-state index in [9.17, 15) is 9.59 Å². The van der Waals surface area contributed by atoms with Gasteiger partial charge in [-0.25, -0.2) is 0 Å². The van der Waals surface area contributed by atoms with Gasteiger partial charge >= 0.3 is 0 Å². The number of fused-ring (bicyclic) bond motifs is 2. The lowest BCUT2D eigenvalue weighted by Gasteiger charge is -2.23. The standard InChI is InChI=1S/C21H22N2O3/c1-3-14-4-6-15(7-5-14)19(24)23-11-10-21(13-23)17-12-16(26-2)8-9-18(17)22-20(21)25/h4-9,12H,3,10-11,13H2,1-2H3,(H,22,25)/t21-/m0/s1. The Morgan fingerprint density at radius 3 is 2.69 bits per heavy atom. The molecule has 2 aromatic carbocycles. The number of ether oxygens (including phenoxy) is 1. The highest BCUT2D eigenvalue weighted by Gasteiger charge is 2.52. The van der Waals surface area contributed by atoms with Crippen LogP contribution in [0.1, 0.15) is 34.8 Å². The fourth-order valence-electron chi connectivity index (χ4n) is 3.97. The molecular weight excluding hydrogens is 328 g/mol. The predicted molar refractivity (Wildman–Crippen MR) is 99.6 cm³/mol. The first-order valence-corrected chi connectivity index (χ1v) is 8.95. The summed E-state index contributed by atoms with van der Waals surface area (Å²) < 4.78 is 5.32. The molecular formula is C21H22N2O3. The number of rotatable bonds is 3. The maximum absolute atomic E-state index is 12.9. The molecule has 2 heterocycles. The zero-order valence-corrected chi connectivity index (χ0v) is 15.0. The monoisotopic (exact) mass is 350 g/mol. The second-order valence-corrected chi connectivity index (χ2v) is 6.97. The van der Waals surface area contributed by atoms with Crippen LogP contribution >= 0.6 is 0 Å². The number of anilines is 1. The van der Waals surface area contributed by atoms with Gasteiger partial charge in [0.1, 0.15) is 5.75 Å². The molecule has 2 aliphatic heterocycles. The number of carbonyl (C=O) groups excluding carboxylic acids is 2. The summed E-state index contributed by atoms with van der Waals surface area (Å²) in [6.45, 7) is 3.05. The minimum absolute atomic E-state index is 0.0197. The highest BCUT2D eigenvalue weighted by Crippen LogP contribution is 2.45. The van der Waals surface area contributed by atoms with Crippen LogP contribution in [0.15, 0.2) is 42.5 Å². The Balaban J connectivity index is 1.62. The largest absolute Gasteiger partial charge is 0.497 e. The van der Waals surface area contributed by atoms with Crippen molar-refractivity contribution in [2.45, 2.75) is 25.2 Å². The van der Waals surface area contributed by atoms with Crippen LogP contribution in [-0.4, -0.2) is 36.9 Å². The highest BCUT2D eigenvalue weighted by atomic mass is 16.5. The van der Waals surface area contributed by atoms with Crippen molar-refractivity contribution < 1.29 is 14.3 Å². The van der Waals surface area contributed by atoms with Crippen molar-refractivity contribution in [3.05, 3.63) is 59.2 Å². The van der Waals surface area contributed by atoms with Gasteiger partial charge in [-0.05, 0) is 54.3 Å². The minimum atomic E-state index is -0.678. The number of likely N-dealkylation sites (tertiary alicyclic amines) is 1. The van der Waals surface area contributed by atoms with E-state index in [0.29, 0.717) is 25.1 Å². The number of hydrogen-bond acceptors (Lipinski definition) is 3. The van der Waals surface area contributed by atoms with Crippen molar-refractivity contribution in [1.82, 2.24) is 4.90 Å². The number of nitrogens with zero attached hydrogens (tertiary/aromatic N) is 1. The molecule has 1 saturated heterocycles. The molecule has 2 aliphatic rings. The number of benzene rings is 2.